The van der Waals surface area contributed by atoms with Crippen LogP contribution in [-0.2, 0) is 21.8 Å². The lowest BCUT2D eigenvalue weighted by atomic mass is 9.89. The molecule has 14 heteroatoms. The zero-order valence-electron chi connectivity index (χ0n) is 21.5. The molecule has 0 radical (unpaired) electrons. The van der Waals surface area contributed by atoms with Crippen molar-refractivity contribution in [2.24, 2.45) is 5.41 Å². The third kappa shape index (κ3) is 7.78. The van der Waals surface area contributed by atoms with E-state index in [1.807, 2.05) is 26.8 Å². The summed E-state index contributed by atoms with van der Waals surface area (Å²) in [6.07, 6.45) is -1.31. The number of aromatic nitrogens is 4. The van der Waals surface area contributed by atoms with E-state index in [4.69, 9.17) is 24.8 Å². The van der Waals surface area contributed by atoms with Gasteiger partial charge in [-0.05, 0) is 23.0 Å². The van der Waals surface area contributed by atoms with Crippen LogP contribution in [0.3, 0.4) is 0 Å². The van der Waals surface area contributed by atoms with E-state index in [0.29, 0.717) is 23.1 Å². The highest BCUT2D eigenvalue weighted by Crippen LogP contribution is 2.44. The van der Waals surface area contributed by atoms with Crippen LogP contribution in [0.4, 0.5) is 10.6 Å². The van der Waals surface area contributed by atoms with Crippen molar-refractivity contribution in [3.05, 3.63) is 35.4 Å². The number of hydrogen-bond acceptors (Lipinski definition) is 9. The first-order valence-electron chi connectivity index (χ1n) is 11.5. The molecule has 0 saturated carbocycles. The van der Waals surface area contributed by atoms with Crippen molar-refractivity contribution in [1.29, 1.82) is 0 Å². The maximum atomic E-state index is 12.0. The molecule has 2 heterocycles. The summed E-state index contributed by atoms with van der Waals surface area (Å²) >= 11 is 0. The monoisotopic (exact) mass is 536 g/mol. The van der Waals surface area contributed by atoms with Gasteiger partial charge in [0.2, 0.25) is 0 Å². The Morgan fingerprint density at radius 2 is 1.92 bits per heavy atom. The standard InChI is InChI=1S/C23H33N6O7P/c1-23(2,3)10-16(11-25-22(30)31)36-20-27-18(24)17-19(28-20)29(21(26-17)34-4)12-14-7-6-8-15(9-14)13-37(32,33)35-5/h6-9,16,25H,10-13H2,1-5H3,(H,30,31)(H,32,33)(H2,24,27,28). The van der Waals surface area contributed by atoms with Gasteiger partial charge in [-0.25, -0.2) is 4.79 Å². The Hall–Kier alpha value is -3.41. The Balaban J connectivity index is 1.97. The van der Waals surface area contributed by atoms with Gasteiger partial charge in [-0.15, -0.1) is 0 Å². The Bertz CT molecular complexity index is 1310. The number of carbonyl (C=O) groups is 1. The quantitative estimate of drug-likeness (QED) is 0.264. The van der Waals surface area contributed by atoms with Gasteiger partial charge < -0.3 is 35.0 Å². The van der Waals surface area contributed by atoms with Crippen LogP contribution >= 0.6 is 7.60 Å². The van der Waals surface area contributed by atoms with E-state index >= 15 is 0 Å². The number of amides is 1. The number of nitrogen functional groups attached to an aromatic ring is 1. The van der Waals surface area contributed by atoms with E-state index in [1.54, 1.807) is 22.8 Å². The van der Waals surface area contributed by atoms with Crippen LogP contribution in [0, 0.1) is 5.41 Å². The summed E-state index contributed by atoms with van der Waals surface area (Å²) in [6, 6.07) is 7.36. The molecule has 202 valence electrons. The SMILES string of the molecule is COc1nc2c(N)nc(OC(CNC(=O)O)CC(C)(C)C)nc2n1Cc1cccc(CP(=O)(O)OC)c1. The molecular weight excluding hydrogens is 503 g/mol. The van der Waals surface area contributed by atoms with E-state index in [0.717, 1.165) is 5.56 Å². The molecule has 0 fully saturated rings. The highest BCUT2D eigenvalue weighted by molar-refractivity contribution is 7.51. The van der Waals surface area contributed by atoms with E-state index in [1.165, 1.54) is 14.2 Å². The second kappa shape index (κ2) is 11.3. The van der Waals surface area contributed by atoms with Gasteiger partial charge in [0, 0.05) is 7.11 Å². The van der Waals surface area contributed by atoms with Crippen LogP contribution in [-0.4, -0.2) is 62.5 Å². The van der Waals surface area contributed by atoms with Gasteiger partial charge in [-0.2, -0.15) is 15.0 Å². The highest BCUT2D eigenvalue weighted by atomic mass is 31.2. The lowest BCUT2D eigenvalue weighted by molar-refractivity contribution is 0.126. The molecule has 2 aromatic heterocycles. The fourth-order valence-corrected chi connectivity index (χ4v) is 4.61. The van der Waals surface area contributed by atoms with Crippen LogP contribution in [0.1, 0.15) is 38.3 Å². The van der Waals surface area contributed by atoms with Gasteiger partial charge >= 0.3 is 19.7 Å². The minimum Gasteiger partial charge on any atom is -0.468 e. The summed E-state index contributed by atoms with van der Waals surface area (Å²) in [5.41, 5.74) is 8.11. The van der Waals surface area contributed by atoms with Crippen LogP contribution in [0.15, 0.2) is 24.3 Å². The molecule has 0 aliphatic carbocycles. The number of ether oxygens (including phenoxy) is 2. The second-order valence-corrected chi connectivity index (χ2v) is 11.7. The Morgan fingerprint density at radius 1 is 1.22 bits per heavy atom. The second-order valence-electron chi connectivity index (χ2n) is 9.74. The number of anilines is 1. The molecule has 0 aliphatic heterocycles. The number of methoxy groups -OCH3 is 1. The zero-order valence-corrected chi connectivity index (χ0v) is 22.4. The molecule has 1 amide bonds. The van der Waals surface area contributed by atoms with Crippen molar-refractivity contribution in [2.75, 3.05) is 26.5 Å². The fourth-order valence-electron chi connectivity index (χ4n) is 3.83. The van der Waals surface area contributed by atoms with Crippen LogP contribution in [0.25, 0.3) is 11.2 Å². The van der Waals surface area contributed by atoms with Gasteiger partial charge in [0.15, 0.2) is 17.0 Å². The first kappa shape index (κ1) is 28.2. The van der Waals surface area contributed by atoms with Crippen molar-refractivity contribution in [1.82, 2.24) is 24.8 Å². The largest absolute Gasteiger partial charge is 0.468 e. The van der Waals surface area contributed by atoms with Crippen molar-refractivity contribution in [3.63, 3.8) is 0 Å². The van der Waals surface area contributed by atoms with E-state index in [-0.39, 0.29) is 42.5 Å². The average molecular weight is 537 g/mol. The van der Waals surface area contributed by atoms with Gasteiger partial charge in [-0.3, -0.25) is 9.13 Å². The number of carboxylic acid groups (broad SMARTS) is 1. The molecule has 5 N–H and O–H groups in total. The summed E-state index contributed by atoms with van der Waals surface area (Å²) in [5, 5.41) is 11.4. The minimum absolute atomic E-state index is 0.0229. The lowest BCUT2D eigenvalue weighted by Gasteiger charge is -2.25. The molecule has 0 saturated heterocycles. The predicted octanol–water partition coefficient (Wildman–Crippen LogP) is 3.25. The molecule has 1 aromatic carbocycles. The molecule has 3 rings (SSSR count). The molecule has 0 aliphatic rings. The van der Waals surface area contributed by atoms with Gasteiger partial charge in [0.1, 0.15) is 6.10 Å². The van der Waals surface area contributed by atoms with Gasteiger partial charge in [-0.1, -0.05) is 45.0 Å². The fraction of sp³-hybridized carbons (Fsp3) is 0.478. The lowest BCUT2D eigenvalue weighted by Crippen LogP contribution is -2.37. The Labute approximate surface area is 214 Å². The third-order valence-corrected chi connectivity index (χ3v) is 6.68. The van der Waals surface area contributed by atoms with Crippen LogP contribution in [0.2, 0.25) is 0 Å². The highest BCUT2D eigenvalue weighted by Gasteiger charge is 2.24. The number of imidazole rings is 1. The van der Waals surface area contributed by atoms with Crippen molar-refractivity contribution < 1.29 is 33.4 Å². The number of fused-ring (bicyclic) bond motifs is 1. The summed E-state index contributed by atoms with van der Waals surface area (Å²) in [5.74, 6) is 0.0767. The van der Waals surface area contributed by atoms with Crippen LogP contribution < -0.4 is 20.5 Å². The number of rotatable bonds is 11. The minimum atomic E-state index is -3.73. The van der Waals surface area contributed by atoms with E-state index < -0.39 is 19.8 Å². The van der Waals surface area contributed by atoms with Crippen LogP contribution in [0.5, 0.6) is 12.0 Å². The maximum absolute atomic E-state index is 12.0. The summed E-state index contributed by atoms with van der Waals surface area (Å²) in [7, 11) is -1.07. The van der Waals surface area contributed by atoms with Crippen molar-refractivity contribution >= 4 is 30.7 Å². The third-order valence-electron chi connectivity index (χ3n) is 5.34. The predicted molar refractivity (Wildman–Crippen MR) is 137 cm³/mol. The number of benzene rings is 1. The van der Waals surface area contributed by atoms with Crippen molar-refractivity contribution in [3.8, 4) is 12.0 Å². The number of nitrogens with one attached hydrogen (secondary N) is 1. The molecule has 0 spiro atoms. The smallest absolute Gasteiger partial charge is 0.404 e. The maximum Gasteiger partial charge on any atom is 0.404 e. The molecule has 0 bridgehead atoms. The molecule has 13 nitrogen and oxygen atoms in total. The summed E-state index contributed by atoms with van der Waals surface area (Å²) in [4.78, 5) is 34.0. The Morgan fingerprint density at radius 3 is 2.54 bits per heavy atom. The summed E-state index contributed by atoms with van der Waals surface area (Å²) < 4.78 is 29.8. The zero-order chi connectivity index (χ0) is 27.4. The van der Waals surface area contributed by atoms with E-state index in [2.05, 4.69) is 20.3 Å². The first-order valence-corrected chi connectivity index (χ1v) is 13.2. The van der Waals surface area contributed by atoms with E-state index in [9.17, 15) is 14.3 Å². The van der Waals surface area contributed by atoms with Crippen molar-refractivity contribution in [2.45, 2.75) is 46.0 Å². The van der Waals surface area contributed by atoms with Gasteiger partial charge in [0.25, 0.3) is 6.01 Å². The number of nitrogens with two attached hydrogens (primary N) is 1. The molecule has 2 atom stereocenters. The number of hydrogen-bond donors (Lipinski definition) is 4. The number of nitrogens with zero attached hydrogens (tertiary/aromatic N) is 4. The summed E-state index contributed by atoms with van der Waals surface area (Å²) in [6.45, 7) is 6.34. The molecule has 3 aromatic rings. The first-order chi connectivity index (χ1) is 17.3. The molecule has 2 unspecified atom stereocenters. The van der Waals surface area contributed by atoms with Gasteiger partial charge in [0.05, 0.1) is 26.4 Å². The molecular formula is C23H33N6O7P. The topological polar surface area (TPSA) is 184 Å². The normalized spacial score (nSPS) is 14.2. The molecule has 37 heavy (non-hydrogen) atoms. The Kier molecular flexibility index (Phi) is 8.62. The average Bonchev–Trinajstić information content (AvgIpc) is 3.14.